The van der Waals surface area contributed by atoms with Gasteiger partial charge in [-0.2, -0.15) is 0 Å². The first-order valence-corrected chi connectivity index (χ1v) is 12.7. The van der Waals surface area contributed by atoms with E-state index < -0.39 is 0 Å². The average molecular weight is 403 g/mol. The van der Waals surface area contributed by atoms with E-state index in [4.69, 9.17) is 0 Å². The molecule has 0 aliphatic carbocycles. The Morgan fingerprint density at radius 3 is 1.20 bits per heavy atom. The molecule has 0 aliphatic rings. The Bertz CT molecular complexity index is 869. The summed E-state index contributed by atoms with van der Waals surface area (Å²) >= 11 is 0. The molecule has 0 saturated carbocycles. The van der Waals surface area contributed by atoms with E-state index >= 15 is 0 Å². The highest BCUT2D eigenvalue weighted by atomic mass is 14.2. The smallest absolute Gasteiger partial charge is 0.0140 e. The van der Waals surface area contributed by atoms with E-state index in [9.17, 15) is 0 Å². The Kier molecular flexibility index (Phi) is 8.79. The van der Waals surface area contributed by atoms with Crippen LogP contribution in [0.15, 0.2) is 36.4 Å². The summed E-state index contributed by atoms with van der Waals surface area (Å²) in [6.07, 6.45) is 15.1. The number of aryl methyl sites for hydroxylation is 4. The molecule has 0 N–H and O–H groups in total. The van der Waals surface area contributed by atoms with E-state index in [2.05, 4.69) is 64.1 Å². The Hall–Kier alpha value is -1.82. The van der Waals surface area contributed by atoms with Crippen LogP contribution in [0.4, 0.5) is 0 Å². The van der Waals surface area contributed by atoms with Crippen LogP contribution in [0.1, 0.15) is 101 Å². The van der Waals surface area contributed by atoms with E-state index in [0.29, 0.717) is 0 Å². The Morgan fingerprint density at radius 2 is 0.833 bits per heavy atom. The van der Waals surface area contributed by atoms with Crippen molar-refractivity contribution < 1.29 is 0 Å². The van der Waals surface area contributed by atoms with Crippen molar-refractivity contribution >= 4 is 21.5 Å². The first-order valence-electron chi connectivity index (χ1n) is 12.7. The second-order valence-electron chi connectivity index (χ2n) is 9.08. The maximum Gasteiger partial charge on any atom is -0.0140 e. The van der Waals surface area contributed by atoms with Crippen molar-refractivity contribution in [2.24, 2.45) is 0 Å². The van der Waals surface area contributed by atoms with Crippen LogP contribution < -0.4 is 0 Å². The highest BCUT2D eigenvalue weighted by Gasteiger charge is 2.16. The number of rotatable bonds is 12. The maximum absolute atomic E-state index is 2.61. The Balaban J connectivity index is 2.31. The molecule has 30 heavy (non-hydrogen) atoms. The average Bonchev–Trinajstić information content (AvgIpc) is 2.78. The van der Waals surface area contributed by atoms with Gasteiger partial charge in [-0.05, 0) is 95.2 Å². The summed E-state index contributed by atoms with van der Waals surface area (Å²) in [6, 6.07) is 14.5. The fourth-order valence-corrected chi connectivity index (χ4v) is 4.93. The monoisotopic (exact) mass is 402 g/mol. The highest BCUT2D eigenvalue weighted by molar-refractivity contribution is 6.06. The molecule has 0 saturated heterocycles. The molecule has 0 radical (unpaired) electrons. The van der Waals surface area contributed by atoms with Crippen LogP contribution in [0.25, 0.3) is 21.5 Å². The molecular weight excluding hydrogens is 360 g/mol. The first-order chi connectivity index (χ1) is 14.7. The lowest BCUT2D eigenvalue weighted by Gasteiger charge is -2.20. The van der Waals surface area contributed by atoms with Crippen molar-refractivity contribution in [1.29, 1.82) is 0 Å². The Morgan fingerprint density at radius 1 is 0.467 bits per heavy atom. The summed E-state index contributed by atoms with van der Waals surface area (Å²) in [4.78, 5) is 0. The molecule has 0 unspecified atom stereocenters. The van der Waals surface area contributed by atoms with Gasteiger partial charge in [-0.3, -0.25) is 0 Å². The third-order valence-corrected chi connectivity index (χ3v) is 6.73. The van der Waals surface area contributed by atoms with Crippen LogP contribution in [-0.2, 0) is 25.7 Å². The van der Waals surface area contributed by atoms with Gasteiger partial charge in [0.25, 0.3) is 0 Å². The summed E-state index contributed by atoms with van der Waals surface area (Å²) in [5.74, 6) is 0. The zero-order chi connectivity index (χ0) is 21.3. The third kappa shape index (κ3) is 5.08. The maximum atomic E-state index is 2.61. The second-order valence-corrected chi connectivity index (χ2v) is 9.08. The lowest BCUT2D eigenvalue weighted by molar-refractivity contribution is 0.758. The van der Waals surface area contributed by atoms with Crippen LogP contribution in [0.3, 0.4) is 0 Å². The quantitative estimate of drug-likeness (QED) is 0.265. The van der Waals surface area contributed by atoms with Crippen molar-refractivity contribution in [2.75, 3.05) is 0 Å². The van der Waals surface area contributed by atoms with E-state index in [1.165, 1.54) is 87.8 Å². The van der Waals surface area contributed by atoms with Crippen LogP contribution in [-0.4, -0.2) is 0 Å². The van der Waals surface area contributed by atoms with Crippen LogP contribution in [0, 0.1) is 0 Å². The SMILES string of the molecule is CCCCc1cc2c(CCCC)c3ccccc3c(CCCC)c2cc1CCCC. The standard InChI is InChI=1S/C30H42/c1-5-9-15-23-21-29-27(17-11-7-3)25-19-13-14-20-26(25)28(18-12-8-4)30(29)22-24(23)16-10-6-2/h13-14,19-22H,5-12,15-18H2,1-4H3. The number of unbranched alkanes of at least 4 members (excludes halogenated alkanes) is 4. The molecule has 0 spiro atoms. The number of hydrogen-bond acceptors (Lipinski definition) is 0. The molecule has 0 atom stereocenters. The predicted molar refractivity (Wildman–Crippen MR) is 136 cm³/mol. The summed E-state index contributed by atoms with van der Waals surface area (Å²) in [5.41, 5.74) is 6.43. The van der Waals surface area contributed by atoms with Crippen LogP contribution >= 0.6 is 0 Å². The van der Waals surface area contributed by atoms with Gasteiger partial charge in [-0.15, -0.1) is 0 Å². The largest absolute Gasteiger partial charge is 0.0654 e. The summed E-state index contributed by atoms with van der Waals surface area (Å²) < 4.78 is 0. The van der Waals surface area contributed by atoms with Crippen molar-refractivity contribution in [3.8, 4) is 0 Å². The number of fused-ring (bicyclic) bond motifs is 2. The summed E-state index contributed by atoms with van der Waals surface area (Å²) in [7, 11) is 0. The molecular formula is C30H42. The first kappa shape index (κ1) is 22.9. The van der Waals surface area contributed by atoms with E-state index in [1.54, 1.807) is 33.0 Å². The highest BCUT2D eigenvalue weighted by Crippen LogP contribution is 2.37. The molecule has 0 fully saturated rings. The predicted octanol–water partition coefficient (Wildman–Crippen LogP) is 9.36. The Labute approximate surface area is 185 Å². The van der Waals surface area contributed by atoms with E-state index in [1.807, 2.05) is 0 Å². The van der Waals surface area contributed by atoms with Gasteiger partial charge < -0.3 is 0 Å². The molecule has 0 bridgehead atoms. The molecule has 3 aromatic carbocycles. The van der Waals surface area contributed by atoms with Gasteiger partial charge in [0.1, 0.15) is 0 Å². The lowest BCUT2D eigenvalue weighted by Crippen LogP contribution is -2.01. The molecule has 162 valence electrons. The van der Waals surface area contributed by atoms with Gasteiger partial charge in [-0.25, -0.2) is 0 Å². The third-order valence-electron chi connectivity index (χ3n) is 6.73. The van der Waals surface area contributed by atoms with Gasteiger partial charge in [0.2, 0.25) is 0 Å². The molecule has 0 aromatic heterocycles. The topological polar surface area (TPSA) is 0 Å². The van der Waals surface area contributed by atoms with Crippen LogP contribution in [0.2, 0.25) is 0 Å². The van der Waals surface area contributed by atoms with Crippen LogP contribution in [0.5, 0.6) is 0 Å². The van der Waals surface area contributed by atoms with Gasteiger partial charge in [0.15, 0.2) is 0 Å². The van der Waals surface area contributed by atoms with Gasteiger partial charge >= 0.3 is 0 Å². The number of hydrogen-bond donors (Lipinski definition) is 0. The normalized spacial score (nSPS) is 11.6. The fraction of sp³-hybridized carbons (Fsp3) is 0.533. The van der Waals surface area contributed by atoms with Gasteiger partial charge in [-0.1, -0.05) is 89.8 Å². The van der Waals surface area contributed by atoms with Crippen molar-refractivity contribution in [3.05, 3.63) is 58.7 Å². The molecule has 0 amide bonds. The molecule has 3 rings (SSSR count). The van der Waals surface area contributed by atoms with Crippen molar-refractivity contribution in [3.63, 3.8) is 0 Å². The van der Waals surface area contributed by atoms with Crippen molar-refractivity contribution in [1.82, 2.24) is 0 Å². The van der Waals surface area contributed by atoms with Crippen molar-refractivity contribution in [2.45, 2.75) is 105 Å². The minimum atomic E-state index is 1.20. The lowest BCUT2D eigenvalue weighted by atomic mass is 9.84. The zero-order valence-corrected chi connectivity index (χ0v) is 19.9. The summed E-state index contributed by atoms with van der Waals surface area (Å²) in [5, 5.41) is 6.12. The molecule has 0 heteroatoms. The minimum Gasteiger partial charge on any atom is -0.0654 e. The molecule has 0 nitrogen and oxygen atoms in total. The van der Waals surface area contributed by atoms with E-state index in [-0.39, 0.29) is 0 Å². The van der Waals surface area contributed by atoms with Gasteiger partial charge in [0, 0.05) is 0 Å². The molecule has 0 aliphatic heterocycles. The zero-order valence-electron chi connectivity index (χ0n) is 19.9. The van der Waals surface area contributed by atoms with Gasteiger partial charge in [0.05, 0.1) is 0 Å². The molecule has 3 aromatic rings. The minimum absolute atomic E-state index is 1.20. The number of benzene rings is 3. The fourth-order valence-electron chi connectivity index (χ4n) is 4.93. The van der Waals surface area contributed by atoms with E-state index in [0.717, 1.165) is 0 Å². The second kappa shape index (κ2) is 11.5. The molecule has 0 heterocycles. The summed E-state index contributed by atoms with van der Waals surface area (Å²) in [6.45, 7) is 9.26.